The molecule has 0 saturated heterocycles. The molecule has 4 nitrogen and oxygen atoms in total. The first-order valence-electron chi connectivity index (χ1n) is 9.11. The fraction of sp³-hybridized carbons (Fsp3) is 0.455. The third-order valence-electron chi connectivity index (χ3n) is 4.50. The highest BCUT2D eigenvalue weighted by Gasteiger charge is 2.24. The molecule has 0 bridgehead atoms. The van der Waals surface area contributed by atoms with E-state index in [-0.39, 0.29) is 24.5 Å². The first-order valence-corrected chi connectivity index (χ1v) is 9.11. The first kappa shape index (κ1) is 20.4. The fourth-order valence-corrected chi connectivity index (χ4v) is 2.94. The molecule has 2 rings (SSSR count). The van der Waals surface area contributed by atoms with E-state index in [1.807, 2.05) is 49.4 Å². The van der Waals surface area contributed by atoms with Gasteiger partial charge in [-0.3, -0.25) is 0 Å². The highest BCUT2D eigenvalue weighted by Crippen LogP contribution is 2.21. The molecule has 26 heavy (non-hydrogen) atoms. The maximum Gasteiger partial charge on any atom is 0.118 e. The Labute approximate surface area is 156 Å². The van der Waals surface area contributed by atoms with E-state index >= 15 is 0 Å². The molecule has 0 aliphatic carbocycles. The van der Waals surface area contributed by atoms with Crippen LogP contribution in [-0.2, 0) is 22.7 Å². The van der Waals surface area contributed by atoms with Crippen LogP contribution < -0.4 is 4.74 Å². The molecule has 0 aromatic heterocycles. The molecule has 0 fully saturated rings. The van der Waals surface area contributed by atoms with Crippen LogP contribution in [0.15, 0.2) is 54.6 Å². The first-order chi connectivity index (χ1) is 12.6. The minimum Gasteiger partial charge on any atom is -0.497 e. The Bertz CT molecular complexity index is 612. The molecular weight excluding hydrogens is 328 g/mol. The number of ether oxygens (including phenoxy) is 3. The Morgan fingerprint density at radius 3 is 2.12 bits per heavy atom. The summed E-state index contributed by atoms with van der Waals surface area (Å²) >= 11 is 0. The number of hydrogen-bond acceptors (Lipinski definition) is 4. The molecule has 3 atom stereocenters. The van der Waals surface area contributed by atoms with Crippen LogP contribution in [0.25, 0.3) is 0 Å². The van der Waals surface area contributed by atoms with Gasteiger partial charge in [0.1, 0.15) is 5.75 Å². The predicted octanol–water partition coefficient (Wildman–Crippen LogP) is 4.06. The summed E-state index contributed by atoms with van der Waals surface area (Å²) in [6.07, 6.45) is -0.0714. The lowest BCUT2D eigenvalue weighted by Gasteiger charge is -2.29. The van der Waals surface area contributed by atoms with Crippen molar-refractivity contribution in [2.24, 2.45) is 11.8 Å². The SMILES string of the molecule is COc1ccc(CO[C@H]([C@@H](C)CO)[C@@H](C)COCc2ccccc2)cc1. The van der Waals surface area contributed by atoms with E-state index in [2.05, 4.69) is 19.1 Å². The molecule has 1 N–H and O–H groups in total. The summed E-state index contributed by atoms with van der Waals surface area (Å²) in [4.78, 5) is 0. The second-order valence-electron chi connectivity index (χ2n) is 6.76. The Balaban J connectivity index is 1.86. The number of rotatable bonds is 11. The predicted molar refractivity (Wildman–Crippen MR) is 103 cm³/mol. The van der Waals surface area contributed by atoms with Gasteiger partial charge in [-0.1, -0.05) is 56.3 Å². The molecule has 4 heteroatoms. The molecule has 0 aliphatic rings. The van der Waals surface area contributed by atoms with Crippen LogP contribution in [0.4, 0.5) is 0 Å². The molecule has 142 valence electrons. The van der Waals surface area contributed by atoms with Gasteiger partial charge in [0.15, 0.2) is 0 Å². The zero-order valence-corrected chi connectivity index (χ0v) is 15.9. The van der Waals surface area contributed by atoms with Crippen LogP contribution in [-0.4, -0.2) is 31.5 Å². The minimum atomic E-state index is -0.0714. The normalized spacial score (nSPS) is 14.6. The average molecular weight is 358 g/mol. The summed E-state index contributed by atoms with van der Waals surface area (Å²) in [5.41, 5.74) is 2.24. The van der Waals surface area contributed by atoms with E-state index < -0.39 is 0 Å². The van der Waals surface area contributed by atoms with E-state index in [0.717, 1.165) is 16.9 Å². The Morgan fingerprint density at radius 2 is 1.50 bits per heavy atom. The molecule has 0 amide bonds. The van der Waals surface area contributed by atoms with Crippen molar-refractivity contribution in [3.05, 3.63) is 65.7 Å². The van der Waals surface area contributed by atoms with Crippen molar-refractivity contribution in [2.45, 2.75) is 33.2 Å². The van der Waals surface area contributed by atoms with Gasteiger partial charge in [-0.25, -0.2) is 0 Å². The molecule has 0 spiro atoms. The molecule has 0 saturated carbocycles. The van der Waals surface area contributed by atoms with Crippen molar-refractivity contribution in [3.8, 4) is 5.75 Å². The number of benzene rings is 2. The quantitative estimate of drug-likeness (QED) is 0.658. The van der Waals surface area contributed by atoms with Crippen molar-refractivity contribution in [2.75, 3.05) is 20.3 Å². The average Bonchev–Trinajstić information content (AvgIpc) is 2.69. The lowest BCUT2D eigenvalue weighted by Crippen LogP contribution is -2.33. The number of aliphatic hydroxyl groups excluding tert-OH is 1. The maximum atomic E-state index is 9.59. The minimum absolute atomic E-state index is 0.0450. The van der Waals surface area contributed by atoms with Crippen molar-refractivity contribution >= 4 is 0 Å². The van der Waals surface area contributed by atoms with Gasteiger partial charge >= 0.3 is 0 Å². The molecule has 0 aliphatic heterocycles. The number of aliphatic hydroxyl groups is 1. The molecule has 0 radical (unpaired) electrons. The lowest BCUT2D eigenvalue weighted by atomic mass is 9.94. The Hall–Kier alpha value is -1.88. The highest BCUT2D eigenvalue weighted by molar-refractivity contribution is 5.26. The van der Waals surface area contributed by atoms with Gasteiger partial charge in [0.25, 0.3) is 0 Å². The van der Waals surface area contributed by atoms with Crippen LogP contribution in [0, 0.1) is 11.8 Å². The zero-order valence-electron chi connectivity index (χ0n) is 15.9. The van der Waals surface area contributed by atoms with Crippen molar-refractivity contribution in [1.82, 2.24) is 0 Å². The van der Waals surface area contributed by atoms with Gasteiger partial charge in [0, 0.05) is 18.4 Å². The lowest BCUT2D eigenvalue weighted by molar-refractivity contribution is -0.0647. The summed E-state index contributed by atoms with van der Waals surface area (Å²) in [5, 5.41) is 9.59. The van der Waals surface area contributed by atoms with Crippen LogP contribution in [0.3, 0.4) is 0 Å². The number of methoxy groups -OCH3 is 1. The van der Waals surface area contributed by atoms with Crippen LogP contribution >= 0.6 is 0 Å². The van der Waals surface area contributed by atoms with E-state index in [0.29, 0.717) is 19.8 Å². The van der Waals surface area contributed by atoms with Gasteiger partial charge < -0.3 is 19.3 Å². The fourth-order valence-electron chi connectivity index (χ4n) is 2.94. The second kappa shape index (κ2) is 11.0. The summed E-state index contributed by atoms with van der Waals surface area (Å²) in [5.74, 6) is 1.05. The van der Waals surface area contributed by atoms with Crippen LogP contribution in [0.1, 0.15) is 25.0 Å². The van der Waals surface area contributed by atoms with Gasteiger partial charge in [-0.2, -0.15) is 0 Å². The summed E-state index contributed by atoms with van der Waals surface area (Å²) in [6.45, 7) is 5.89. The molecule has 0 heterocycles. The van der Waals surface area contributed by atoms with Crippen molar-refractivity contribution in [3.63, 3.8) is 0 Å². The smallest absolute Gasteiger partial charge is 0.118 e. The molecule has 0 unspecified atom stereocenters. The van der Waals surface area contributed by atoms with E-state index in [1.165, 1.54) is 0 Å². The standard InChI is InChI=1S/C22H30O4/c1-17(13-23)22(26-16-20-9-11-21(24-3)12-10-20)18(2)14-25-15-19-7-5-4-6-8-19/h4-12,17-18,22-23H,13-16H2,1-3H3/t17-,18-,22+/m0/s1. The highest BCUT2D eigenvalue weighted by atomic mass is 16.5. The number of hydrogen-bond donors (Lipinski definition) is 1. The third kappa shape index (κ3) is 6.45. The van der Waals surface area contributed by atoms with Crippen molar-refractivity contribution < 1.29 is 19.3 Å². The van der Waals surface area contributed by atoms with E-state index in [9.17, 15) is 5.11 Å². The van der Waals surface area contributed by atoms with Gasteiger partial charge in [0.05, 0.1) is 33.0 Å². The molecule has 2 aromatic rings. The van der Waals surface area contributed by atoms with Crippen molar-refractivity contribution in [1.29, 1.82) is 0 Å². The summed E-state index contributed by atoms with van der Waals surface area (Å²) < 4.78 is 17.2. The van der Waals surface area contributed by atoms with E-state index in [1.54, 1.807) is 7.11 Å². The maximum absolute atomic E-state index is 9.59. The Kier molecular flexibility index (Phi) is 8.62. The summed E-state index contributed by atoms with van der Waals surface area (Å²) in [7, 11) is 1.65. The second-order valence-corrected chi connectivity index (χ2v) is 6.76. The van der Waals surface area contributed by atoms with E-state index in [4.69, 9.17) is 14.2 Å². The monoisotopic (exact) mass is 358 g/mol. The van der Waals surface area contributed by atoms with Gasteiger partial charge in [0.2, 0.25) is 0 Å². The Morgan fingerprint density at radius 1 is 0.846 bits per heavy atom. The topological polar surface area (TPSA) is 47.9 Å². The van der Waals surface area contributed by atoms with Crippen LogP contribution in [0.5, 0.6) is 5.75 Å². The zero-order chi connectivity index (χ0) is 18.8. The largest absolute Gasteiger partial charge is 0.497 e. The summed E-state index contributed by atoms with van der Waals surface area (Å²) in [6, 6.07) is 18.0. The molecular formula is C22H30O4. The molecule has 2 aromatic carbocycles. The van der Waals surface area contributed by atoms with Crippen LogP contribution in [0.2, 0.25) is 0 Å². The van der Waals surface area contributed by atoms with Gasteiger partial charge in [-0.05, 0) is 23.3 Å². The van der Waals surface area contributed by atoms with Gasteiger partial charge in [-0.15, -0.1) is 0 Å². The third-order valence-corrected chi connectivity index (χ3v) is 4.50.